The highest BCUT2D eigenvalue weighted by molar-refractivity contribution is 5.94. The maximum absolute atomic E-state index is 13.1. The number of ether oxygens (including phenoxy) is 2. The SMILES string of the molecule is O=C(COC(=O)COc1ccc2ccccc2c1)NCC(=O)Nc1ccc(F)c(F)c1. The van der Waals surface area contributed by atoms with Gasteiger partial charge in [-0.1, -0.05) is 30.3 Å². The maximum Gasteiger partial charge on any atom is 0.344 e. The number of halogens is 2. The zero-order valence-electron chi connectivity index (χ0n) is 16.2. The van der Waals surface area contributed by atoms with Gasteiger partial charge in [0.2, 0.25) is 5.91 Å². The van der Waals surface area contributed by atoms with Crippen LogP contribution in [0.3, 0.4) is 0 Å². The average Bonchev–Trinajstić information content (AvgIpc) is 2.77. The van der Waals surface area contributed by atoms with Crippen LogP contribution < -0.4 is 15.4 Å². The summed E-state index contributed by atoms with van der Waals surface area (Å²) in [6, 6.07) is 15.9. The van der Waals surface area contributed by atoms with Crippen LogP contribution in [0.1, 0.15) is 0 Å². The monoisotopic (exact) mass is 428 g/mol. The highest BCUT2D eigenvalue weighted by Crippen LogP contribution is 2.20. The Labute approximate surface area is 176 Å². The molecular formula is C22H18F2N2O5. The molecule has 0 saturated carbocycles. The summed E-state index contributed by atoms with van der Waals surface area (Å²) >= 11 is 0. The second-order valence-corrected chi connectivity index (χ2v) is 6.41. The van der Waals surface area contributed by atoms with Crippen molar-refractivity contribution in [1.29, 1.82) is 0 Å². The number of rotatable bonds is 8. The summed E-state index contributed by atoms with van der Waals surface area (Å²) in [4.78, 5) is 35.2. The normalized spacial score (nSPS) is 10.4. The van der Waals surface area contributed by atoms with Gasteiger partial charge in [0.1, 0.15) is 5.75 Å². The lowest BCUT2D eigenvalue weighted by Crippen LogP contribution is -2.36. The fraction of sp³-hybridized carbons (Fsp3) is 0.136. The number of hydrogen-bond donors (Lipinski definition) is 2. The smallest absolute Gasteiger partial charge is 0.344 e. The van der Waals surface area contributed by atoms with E-state index in [1.54, 1.807) is 12.1 Å². The maximum atomic E-state index is 13.1. The van der Waals surface area contributed by atoms with Gasteiger partial charge in [-0.25, -0.2) is 13.6 Å². The molecule has 0 atom stereocenters. The van der Waals surface area contributed by atoms with Gasteiger partial charge < -0.3 is 20.1 Å². The van der Waals surface area contributed by atoms with Crippen molar-refractivity contribution in [2.45, 2.75) is 0 Å². The molecule has 0 bridgehead atoms. The van der Waals surface area contributed by atoms with Crippen molar-refractivity contribution in [3.63, 3.8) is 0 Å². The van der Waals surface area contributed by atoms with Gasteiger partial charge in [-0.05, 0) is 35.0 Å². The largest absolute Gasteiger partial charge is 0.482 e. The summed E-state index contributed by atoms with van der Waals surface area (Å²) < 4.78 is 36.1. The van der Waals surface area contributed by atoms with Crippen molar-refractivity contribution in [2.75, 3.05) is 25.1 Å². The number of amides is 2. The number of anilines is 1. The number of carbonyl (C=O) groups is 3. The third kappa shape index (κ3) is 6.49. The highest BCUT2D eigenvalue weighted by atomic mass is 19.2. The van der Waals surface area contributed by atoms with E-state index in [1.807, 2.05) is 30.3 Å². The topological polar surface area (TPSA) is 93.7 Å². The fourth-order valence-electron chi connectivity index (χ4n) is 2.60. The summed E-state index contributed by atoms with van der Waals surface area (Å²) in [5.74, 6) is -3.80. The molecule has 3 rings (SSSR count). The lowest BCUT2D eigenvalue weighted by Gasteiger charge is -2.09. The first kappa shape index (κ1) is 21.7. The molecule has 160 valence electrons. The third-order valence-electron chi connectivity index (χ3n) is 4.09. The van der Waals surface area contributed by atoms with Gasteiger partial charge >= 0.3 is 5.97 Å². The van der Waals surface area contributed by atoms with Crippen molar-refractivity contribution >= 4 is 34.2 Å². The molecule has 0 heterocycles. The molecule has 0 aliphatic heterocycles. The Morgan fingerprint density at radius 1 is 0.806 bits per heavy atom. The van der Waals surface area contributed by atoms with Gasteiger partial charge in [-0.15, -0.1) is 0 Å². The molecule has 3 aromatic rings. The van der Waals surface area contributed by atoms with Crippen LogP contribution in [0.5, 0.6) is 5.75 Å². The van der Waals surface area contributed by atoms with E-state index in [1.165, 1.54) is 6.07 Å². The second-order valence-electron chi connectivity index (χ2n) is 6.41. The van der Waals surface area contributed by atoms with Crippen LogP contribution in [0.2, 0.25) is 0 Å². The highest BCUT2D eigenvalue weighted by Gasteiger charge is 2.11. The molecule has 0 aromatic heterocycles. The van der Waals surface area contributed by atoms with E-state index in [4.69, 9.17) is 9.47 Å². The van der Waals surface area contributed by atoms with Crippen LogP contribution in [0.4, 0.5) is 14.5 Å². The quantitative estimate of drug-likeness (QED) is 0.538. The summed E-state index contributed by atoms with van der Waals surface area (Å²) in [7, 11) is 0. The molecule has 3 aromatic carbocycles. The van der Waals surface area contributed by atoms with Gasteiger partial charge in [0.05, 0.1) is 6.54 Å². The molecule has 0 aliphatic rings. The van der Waals surface area contributed by atoms with Gasteiger partial charge in [0.25, 0.3) is 5.91 Å². The molecule has 2 amide bonds. The van der Waals surface area contributed by atoms with Crippen LogP contribution in [-0.4, -0.2) is 37.5 Å². The predicted molar refractivity (Wildman–Crippen MR) is 108 cm³/mol. The van der Waals surface area contributed by atoms with E-state index < -0.39 is 42.6 Å². The Morgan fingerprint density at radius 3 is 2.35 bits per heavy atom. The van der Waals surface area contributed by atoms with E-state index in [0.717, 1.165) is 22.9 Å². The molecule has 31 heavy (non-hydrogen) atoms. The summed E-state index contributed by atoms with van der Waals surface area (Å²) in [6.07, 6.45) is 0. The fourth-order valence-corrected chi connectivity index (χ4v) is 2.60. The summed E-state index contributed by atoms with van der Waals surface area (Å²) in [6.45, 7) is -1.43. The Balaban J connectivity index is 1.36. The minimum atomic E-state index is -1.11. The van der Waals surface area contributed by atoms with Crippen molar-refractivity contribution in [3.8, 4) is 5.75 Å². The molecule has 0 spiro atoms. The van der Waals surface area contributed by atoms with E-state index in [9.17, 15) is 23.2 Å². The van der Waals surface area contributed by atoms with Gasteiger partial charge in [0, 0.05) is 11.8 Å². The zero-order chi connectivity index (χ0) is 22.2. The third-order valence-corrected chi connectivity index (χ3v) is 4.09. The summed E-state index contributed by atoms with van der Waals surface area (Å²) in [5.41, 5.74) is 0.0374. The van der Waals surface area contributed by atoms with E-state index in [0.29, 0.717) is 5.75 Å². The minimum Gasteiger partial charge on any atom is -0.482 e. The van der Waals surface area contributed by atoms with Crippen LogP contribution in [0, 0.1) is 11.6 Å². The molecule has 0 unspecified atom stereocenters. The van der Waals surface area contributed by atoms with E-state index in [2.05, 4.69) is 10.6 Å². The predicted octanol–water partition coefficient (Wildman–Crippen LogP) is 2.79. The Hall–Kier alpha value is -4.01. The van der Waals surface area contributed by atoms with Crippen molar-refractivity contribution in [3.05, 3.63) is 72.3 Å². The van der Waals surface area contributed by atoms with Crippen LogP contribution >= 0.6 is 0 Å². The van der Waals surface area contributed by atoms with Crippen LogP contribution in [0.15, 0.2) is 60.7 Å². The molecule has 0 saturated heterocycles. The summed E-state index contributed by atoms with van der Waals surface area (Å²) in [5, 5.41) is 6.52. The number of fused-ring (bicyclic) bond motifs is 1. The Morgan fingerprint density at radius 2 is 1.58 bits per heavy atom. The van der Waals surface area contributed by atoms with E-state index >= 15 is 0 Å². The van der Waals surface area contributed by atoms with Crippen molar-refractivity contribution in [2.24, 2.45) is 0 Å². The molecule has 2 N–H and O–H groups in total. The average molecular weight is 428 g/mol. The second kappa shape index (κ2) is 10.1. The standard InChI is InChI=1S/C22H18F2N2O5/c23-18-8-6-16(10-19(18)24)26-20(27)11-25-21(28)12-31-22(29)13-30-17-7-5-14-3-1-2-4-15(14)9-17/h1-10H,11-13H2,(H,25,28)(H,26,27). The minimum absolute atomic E-state index is 0.0374. The zero-order valence-corrected chi connectivity index (χ0v) is 16.2. The molecule has 7 nitrogen and oxygen atoms in total. The van der Waals surface area contributed by atoms with Gasteiger partial charge in [-0.2, -0.15) is 0 Å². The Kier molecular flexibility index (Phi) is 7.10. The molecule has 9 heteroatoms. The van der Waals surface area contributed by atoms with Crippen LogP contribution in [0.25, 0.3) is 10.8 Å². The lowest BCUT2D eigenvalue weighted by molar-refractivity contribution is -0.150. The number of esters is 1. The molecule has 0 radical (unpaired) electrons. The lowest BCUT2D eigenvalue weighted by atomic mass is 10.1. The molecule has 0 aliphatic carbocycles. The first-order valence-electron chi connectivity index (χ1n) is 9.19. The Bertz CT molecular complexity index is 1120. The number of nitrogens with one attached hydrogen (secondary N) is 2. The first-order chi connectivity index (χ1) is 14.9. The number of hydrogen-bond acceptors (Lipinski definition) is 5. The van der Waals surface area contributed by atoms with E-state index in [-0.39, 0.29) is 12.3 Å². The van der Waals surface area contributed by atoms with Crippen molar-refractivity contribution < 1.29 is 32.6 Å². The van der Waals surface area contributed by atoms with Gasteiger partial charge in [-0.3, -0.25) is 9.59 Å². The number of carbonyl (C=O) groups excluding carboxylic acids is 3. The molecule has 0 fully saturated rings. The van der Waals surface area contributed by atoms with Gasteiger partial charge in [0.15, 0.2) is 24.8 Å². The number of benzene rings is 3. The van der Waals surface area contributed by atoms with Crippen LogP contribution in [-0.2, 0) is 19.1 Å². The molecular weight excluding hydrogens is 410 g/mol. The first-order valence-corrected chi connectivity index (χ1v) is 9.19. The van der Waals surface area contributed by atoms with Crippen molar-refractivity contribution in [1.82, 2.24) is 5.32 Å².